The third-order valence-corrected chi connectivity index (χ3v) is 13.4. The van der Waals surface area contributed by atoms with Gasteiger partial charge >= 0.3 is 7.75 Å². The molecule has 1 aliphatic heterocycles. The SMILES string of the molecule is COc1ccc(C(OCC(C(=O)SCCOP(=O)(NCc2ccccc2)OC[C@H]2CC[C@@H](n3cnc4c(N)ncnc43)O2)C(C)C)(c2ccccc2)c2ccc(OC)cc2)cc1. The predicted octanol–water partition coefficient (Wildman–Crippen LogP) is 8.58. The Morgan fingerprint density at radius 1 is 0.871 bits per heavy atom. The van der Waals surface area contributed by atoms with E-state index < -0.39 is 19.3 Å². The Labute approximate surface area is 366 Å². The zero-order valence-corrected chi connectivity index (χ0v) is 37.0. The molecule has 62 heavy (non-hydrogen) atoms. The van der Waals surface area contributed by atoms with Gasteiger partial charge in [-0.15, -0.1) is 0 Å². The lowest BCUT2D eigenvalue weighted by Gasteiger charge is -2.37. The van der Waals surface area contributed by atoms with E-state index in [-0.39, 0.29) is 55.5 Å². The van der Waals surface area contributed by atoms with Crippen molar-refractivity contribution >= 4 is 41.6 Å². The van der Waals surface area contributed by atoms with Crippen molar-refractivity contribution in [2.24, 2.45) is 11.8 Å². The summed E-state index contributed by atoms with van der Waals surface area (Å²) in [4.78, 5) is 26.8. The number of nitrogens with one attached hydrogen (secondary N) is 1. The summed E-state index contributed by atoms with van der Waals surface area (Å²) < 4.78 is 52.5. The molecule has 326 valence electrons. The zero-order chi connectivity index (χ0) is 43.5. The monoisotopic (exact) mass is 880 g/mol. The topological polar surface area (TPSA) is 171 Å². The Bertz CT molecular complexity index is 2360. The minimum atomic E-state index is -3.87. The molecule has 14 nitrogen and oxygen atoms in total. The largest absolute Gasteiger partial charge is 0.497 e. The van der Waals surface area contributed by atoms with Crippen molar-refractivity contribution in [2.75, 3.05) is 45.5 Å². The summed E-state index contributed by atoms with van der Waals surface area (Å²) in [5.41, 5.74) is 9.55. The Hall–Kier alpha value is -5.12. The van der Waals surface area contributed by atoms with Crippen LogP contribution in [0.4, 0.5) is 5.82 Å². The Balaban J connectivity index is 1.02. The number of fused-ring (bicyclic) bond motifs is 1. The molecule has 0 saturated carbocycles. The van der Waals surface area contributed by atoms with E-state index in [2.05, 4.69) is 20.0 Å². The molecule has 7 rings (SSSR count). The summed E-state index contributed by atoms with van der Waals surface area (Å²) in [5, 5.41) is 2.95. The molecule has 0 aliphatic carbocycles. The van der Waals surface area contributed by atoms with Crippen molar-refractivity contribution in [3.05, 3.63) is 144 Å². The third-order valence-electron chi connectivity index (χ3n) is 10.9. The maximum absolute atomic E-state index is 14.3. The van der Waals surface area contributed by atoms with Crippen molar-refractivity contribution < 1.29 is 37.4 Å². The minimum absolute atomic E-state index is 0.0108. The van der Waals surface area contributed by atoms with Crippen LogP contribution in [-0.2, 0) is 40.0 Å². The van der Waals surface area contributed by atoms with E-state index in [0.29, 0.717) is 41.3 Å². The molecule has 2 aromatic heterocycles. The summed E-state index contributed by atoms with van der Waals surface area (Å²) in [6, 6.07) is 35.2. The van der Waals surface area contributed by atoms with Gasteiger partial charge < -0.3 is 24.7 Å². The number of nitrogens with two attached hydrogens (primary N) is 1. The number of hydrogen-bond donors (Lipinski definition) is 2. The fourth-order valence-corrected chi connectivity index (χ4v) is 9.79. The lowest BCUT2D eigenvalue weighted by molar-refractivity contribution is -0.119. The Morgan fingerprint density at radius 2 is 1.50 bits per heavy atom. The highest BCUT2D eigenvalue weighted by molar-refractivity contribution is 8.13. The first-order chi connectivity index (χ1) is 30.1. The summed E-state index contributed by atoms with van der Waals surface area (Å²) >= 11 is 1.13. The summed E-state index contributed by atoms with van der Waals surface area (Å²) in [6.07, 6.45) is 3.62. The number of benzene rings is 4. The third kappa shape index (κ3) is 10.6. The molecule has 1 saturated heterocycles. The molecule has 0 amide bonds. The standard InChI is InChI=1S/C46H53N6O8PS/c1-32(2)40(29-57-46(34-13-9-6-10-14-34,35-15-19-37(55-3)20-16-35)36-17-21-38(56-4)22-18-36)45(53)62-26-25-58-61(54,51-27-33-11-7-5-8-12-33)59-28-39-23-24-41(60-39)52-31-50-42-43(47)48-30-49-44(42)52/h5-22,30-32,39-41H,23-29H2,1-4H3,(H,51,54)(H2,47,48,49)/t39-,40?,41+,61?/m1/s1. The van der Waals surface area contributed by atoms with Gasteiger partial charge in [0.1, 0.15) is 35.2 Å². The van der Waals surface area contributed by atoms with E-state index in [0.717, 1.165) is 34.0 Å². The molecule has 0 bridgehead atoms. The van der Waals surface area contributed by atoms with E-state index in [9.17, 15) is 9.36 Å². The van der Waals surface area contributed by atoms with Crippen LogP contribution in [0.5, 0.6) is 11.5 Å². The highest BCUT2D eigenvalue weighted by Crippen LogP contribution is 2.46. The number of carbonyl (C=O) groups excluding carboxylic acids is 1. The highest BCUT2D eigenvalue weighted by Gasteiger charge is 2.40. The van der Waals surface area contributed by atoms with Crippen LogP contribution in [0.15, 0.2) is 122 Å². The second kappa shape index (κ2) is 20.8. The quantitative estimate of drug-likeness (QED) is 0.0400. The summed E-state index contributed by atoms with van der Waals surface area (Å²) in [7, 11) is -0.603. The van der Waals surface area contributed by atoms with Gasteiger partial charge in [0.25, 0.3) is 0 Å². The predicted molar refractivity (Wildman–Crippen MR) is 240 cm³/mol. The van der Waals surface area contributed by atoms with Crippen LogP contribution in [0.25, 0.3) is 11.2 Å². The number of methoxy groups -OCH3 is 2. The number of nitrogen functional groups attached to an aromatic ring is 1. The first-order valence-electron chi connectivity index (χ1n) is 20.5. The van der Waals surface area contributed by atoms with Gasteiger partial charge in [0.2, 0.25) is 0 Å². The Kier molecular flexibility index (Phi) is 15.1. The maximum Gasteiger partial charge on any atom is 0.405 e. The fraction of sp³-hybridized carbons (Fsp3) is 0.348. The van der Waals surface area contributed by atoms with Crippen LogP contribution >= 0.6 is 19.5 Å². The van der Waals surface area contributed by atoms with Crippen molar-refractivity contribution in [1.29, 1.82) is 0 Å². The highest BCUT2D eigenvalue weighted by atomic mass is 32.2. The van der Waals surface area contributed by atoms with Gasteiger partial charge in [0.15, 0.2) is 16.6 Å². The smallest absolute Gasteiger partial charge is 0.405 e. The molecule has 3 heterocycles. The molecule has 2 unspecified atom stereocenters. The number of rotatable bonds is 21. The number of thioether (sulfide) groups is 1. The molecule has 1 fully saturated rings. The van der Waals surface area contributed by atoms with Crippen LogP contribution in [0.1, 0.15) is 55.2 Å². The molecular formula is C46H53N6O8PS. The lowest BCUT2D eigenvalue weighted by atomic mass is 9.79. The van der Waals surface area contributed by atoms with E-state index in [4.69, 9.17) is 33.7 Å². The van der Waals surface area contributed by atoms with E-state index in [1.807, 2.05) is 128 Å². The molecule has 1 aliphatic rings. The van der Waals surface area contributed by atoms with Gasteiger partial charge in [-0.3, -0.25) is 18.4 Å². The number of hydrogen-bond acceptors (Lipinski definition) is 13. The van der Waals surface area contributed by atoms with Gasteiger partial charge in [-0.1, -0.05) is 111 Å². The molecule has 16 heteroatoms. The van der Waals surface area contributed by atoms with E-state index in [1.54, 1.807) is 20.5 Å². The van der Waals surface area contributed by atoms with Crippen LogP contribution in [0.2, 0.25) is 0 Å². The molecule has 0 radical (unpaired) electrons. The fourth-order valence-electron chi connectivity index (χ4n) is 7.42. The van der Waals surface area contributed by atoms with Crippen molar-refractivity contribution in [1.82, 2.24) is 24.6 Å². The molecule has 3 N–H and O–H groups in total. The second-order valence-electron chi connectivity index (χ2n) is 15.2. The van der Waals surface area contributed by atoms with Gasteiger partial charge in [-0.2, -0.15) is 0 Å². The van der Waals surface area contributed by atoms with Crippen LogP contribution in [0, 0.1) is 11.8 Å². The first kappa shape index (κ1) is 44.9. The van der Waals surface area contributed by atoms with Gasteiger partial charge in [-0.25, -0.2) is 24.6 Å². The second-order valence-corrected chi connectivity index (χ2v) is 18.1. The first-order valence-corrected chi connectivity index (χ1v) is 23.1. The van der Waals surface area contributed by atoms with Crippen molar-refractivity contribution in [3.8, 4) is 11.5 Å². The van der Waals surface area contributed by atoms with Crippen molar-refractivity contribution in [3.63, 3.8) is 0 Å². The molecule has 0 spiro atoms. The zero-order valence-electron chi connectivity index (χ0n) is 35.3. The summed E-state index contributed by atoms with van der Waals surface area (Å²) in [5.74, 6) is 1.42. The molecule has 6 aromatic rings. The molecule has 4 aromatic carbocycles. The maximum atomic E-state index is 14.3. The van der Waals surface area contributed by atoms with Crippen LogP contribution in [-0.4, -0.2) is 70.5 Å². The van der Waals surface area contributed by atoms with Gasteiger partial charge in [0, 0.05) is 12.3 Å². The number of ether oxygens (including phenoxy) is 4. The average molecular weight is 881 g/mol. The van der Waals surface area contributed by atoms with E-state index >= 15 is 0 Å². The normalized spacial score (nSPS) is 16.9. The van der Waals surface area contributed by atoms with E-state index in [1.165, 1.54) is 6.33 Å². The van der Waals surface area contributed by atoms with Gasteiger partial charge in [0.05, 0.1) is 52.4 Å². The molecular weight excluding hydrogens is 828 g/mol. The number of anilines is 1. The number of aromatic nitrogens is 4. The summed E-state index contributed by atoms with van der Waals surface area (Å²) in [6.45, 7) is 4.40. The van der Waals surface area contributed by atoms with Crippen molar-refractivity contribution in [2.45, 2.75) is 51.2 Å². The Morgan fingerprint density at radius 3 is 2.13 bits per heavy atom. The van der Waals surface area contributed by atoms with Crippen LogP contribution in [0.3, 0.4) is 0 Å². The van der Waals surface area contributed by atoms with Crippen LogP contribution < -0.4 is 20.3 Å². The number of nitrogens with zero attached hydrogens (tertiary/aromatic N) is 4. The van der Waals surface area contributed by atoms with Gasteiger partial charge in [-0.05, 0) is 65.3 Å². The minimum Gasteiger partial charge on any atom is -0.497 e. The number of imidazole rings is 1. The lowest BCUT2D eigenvalue weighted by Crippen LogP contribution is -2.37. The number of carbonyl (C=O) groups is 1. The average Bonchev–Trinajstić information content (AvgIpc) is 3.97. The molecule has 4 atom stereocenters.